The van der Waals surface area contributed by atoms with Crippen molar-refractivity contribution in [3.05, 3.63) is 101 Å². The summed E-state index contributed by atoms with van der Waals surface area (Å²) in [6.07, 6.45) is 0. The van der Waals surface area contributed by atoms with Crippen molar-refractivity contribution in [1.82, 2.24) is 0 Å². The number of benzene rings is 5. The van der Waals surface area contributed by atoms with E-state index in [9.17, 15) is 4.79 Å². The van der Waals surface area contributed by atoms with Crippen molar-refractivity contribution in [2.24, 2.45) is 0 Å². The highest BCUT2D eigenvalue weighted by Gasteiger charge is 2.40. The summed E-state index contributed by atoms with van der Waals surface area (Å²) in [6.45, 7) is 0. The molecular formula is C31H15NO4S. The molecule has 0 radical (unpaired) electrons. The summed E-state index contributed by atoms with van der Waals surface area (Å²) in [4.78, 5) is 17.8. The molecule has 0 atom stereocenters. The van der Waals surface area contributed by atoms with Crippen molar-refractivity contribution in [1.29, 1.82) is 0 Å². The molecule has 9 rings (SSSR count). The zero-order chi connectivity index (χ0) is 24.2. The van der Waals surface area contributed by atoms with Gasteiger partial charge in [-0.05, 0) is 71.8 Å². The molecule has 6 aromatic rings. The Labute approximate surface area is 214 Å². The first-order chi connectivity index (χ1) is 18.2. The maximum atomic E-state index is 13.3. The molecule has 3 aliphatic heterocycles. The van der Waals surface area contributed by atoms with E-state index in [0.717, 1.165) is 61.0 Å². The van der Waals surface area contributed by atoms with E-state index in [-0.39, 0.29) is 5.43 Å². The summed E-state index contributed by atoms with van der Waals surface area (Å²) in [7, 11) is 0. The van der Waals surface area contributed by atoms with Gasteiger partial charge in [0, 0.05) is 9.79 Å². The maximum absolute atomic E-state index is 13.3. The largest absolute Gasteiger partial charge is 0.456 e. The standard InChI is InChI=1S/C31H15NO4S/c33-31-18-5-1-2-6-20(18)34-21-12-11-16(13-19(21)31)17-14-25-30-27(15-17)37-26-10-4-9-24-29(26)32(30)28-22(35-24)7-3-8-23(28)36-25/h1-15H. The highest BCUT2D eigenvalue weighted by molar-refractivity contribution is 7.99. The number of rotatable bonds is 1. The van der Waals surface area contributed by atoms with E-state index in [4.69, 9.17) is 13.9 Å². The van der Waals surface area contributed by atoms with E-state index >= 15 is 0 Å². The van der Waals surface area contributed by atoms with E-state index in [1.165, 1.54) is 0 Å². The first-order valence-electron chi connectivity index (χ1n) is 12.0. The summed E-state index contributed by atoms with van der Waals surface area (Å²) in [5.74, 6) is 3.15. The zero-order valence-electron chi connectivity index (χ0n) is 19.1. The van der Waals surface area contributed by atoms with E-state index in [1.54, 1.807) is 17.8 Å². The first kappa shape index (κ1) is 19.5. The Kier molecular flexibility index (Phi) is 3.56. The lowest BCUT2D eigenvalue weighted by Gasteiger charge is -2.42. The number of hydrogen-bond donors (Lipinski definition) is 0. The van der Waals surface area contributed by atoms with Crippen LogP contribution >= 0.6 is 11.8 Å². The van der Waals surface area contributed by atoms with Gasteiger partial charge < -0.3 is 13.9 Å². The highest BCUT2D eigenvalue weighted by Crippen LogP contribution is 2.66. The van der Waals surface area contributed by atoms with Gasteiger partial charge in [0.15, 0.2) is 23.0 Å². The molecule has 37 heavy (non-hydrogen) atoms. The van der Waals surface area contributed by atoms with Crippen molar-refractivity contribution in [3.8, 4) is 34.1 Å². The van der Waals surface area contributed by atoms with Crippen LogP contribution in [0.5, 0.6) is 23.0 Å². The minimum absolute atomic E-state index is 0.0279. The molecule has 0 spiro atoms. The van der Waals surface area contributed by atoms with Gasteiger partial charge in [-0.25, -0.2) is 0 Å². The SMILES string of the molecule is O=c1c2ccccc2oc2ccc(-c3cc4c5c(c3)Sc3cccc6c3N5c3c(cccc3O4)O6)cc12. The maximum Gasteiger partial charge on any atom is 0.200 e. The molecule has 4 heterocycles. The van der Waals surface area contributed by atoms with Crippen LogP contribution in [0, 0.1) is 0 Å². The third-order valence-corrected chi connectivity index (χ3v) is 8.28. The molecule has 0 saturated heterocycles. The minimum atomic E-state index is -0.0279. The third kappa shape index (κ3) is 2.52. The van der Waals surface area contributed by atoms with Gasteiger partial charge in [0.2, 0.25) is 5.43 Å². The van der Waals surface area contributed by atoms with Gasteiger partial charge in [0.05, 0.1) is 10.8 Å². The number of fused-ring (bicyclic) bond motifs is 2. The number of ether oxygens (including phenoxy) is 2. The Morgan fingerprint density at radius 2 is 1.30 bits per heavy atom. The van der Waals surface area contributed by atoms with Crippen LogP contribution in [-0.4, -0.2) is 0 Å². The highest BCUT2D eigenvalue weighted by atomic mass is 32.2. The van der Waals surface area contributed by atoms with Gasteiger partial charge in [-0.3, -0.25) is 9.69 Å². The molecule has 0 fully saturated rings. The number of hydrogen-bond acceptors (Lipinski definition) is 6. The van der Waals surface area contributed by atoms with Crippen LogP contribution in [0.1, 0.15) is 0 Å². The Morgan fingerprint density at radius 3 is 2.19 bits per heavy atom. The van der Waals surface area contributed by atoms with Crippen LogP contribution in [0.4, 0.5) is 17.1 Å². The number of nitrogens with zero attached hydrogens (tertiary/aromatic N) is 1. The predicted octanol–water partition coefficient (Wildman–Crippen LogP) is 8.76. The molecule has 5 aromatic carbocycles. The van der Waals surface area contributed by atoms with Crippen molar-refractivity contribution in [2.45, 2.75) is 9.79 Å². The average Bonchev–Trinajstić information content (AvgIpc) is 2.93. The van der Waals surface area contributed by atoms with Gasteiger partial charge >= 0.3 is 0 Å². The van der Waals surface area contributed by atoms with Crippen LogP contribution in [-0.2, 0) is 0 Å². The molecule has 0 bridgehead atoms. The van der Waals surface area contributed by atoms with E-state index in [1.807, 2.05) is 66.7 Å². The smallest absolute Gasteiger partial charge is 0.200 e. The topological polar surface area (TPSA) is 51.9 Å². The second kappa shape index (κ2) is 6.75. The van der Waals surface area contributed by atoms with E-state index < -0.39 is 0 Å². The summed E-state index contributed by atoms with van der Waals surface area (Å²) < 4.78 is 18.7. The monoisotopic (exact) mass is 497 g/mol. The van der Waals surface area contributed by atoms with Crippen LogP contribution in [0.3, 0.4) is 0 Å². The first-order valence-corrected chi connectivity index (χ1v) is 12.8. The fourth-order valence-electron chi connectivity index (χ4n) is 5.57. The minimum Gasteiger partial charge on any atom is -0.456 e. The van der Waals surface area contributed by atoms with Crippen molar-refractivity contribution in [2.75, 3.05) is 4.90 Å². The van der Waals surface area contributed by atoms with Gasteiger partial charge in [0.1, 0.15) is 28.2 Å². The number of para-hydroxylation sites is 3. The third-order valence-electron chi connectivity index (χ3n) is 7.20. The van der Waals surface area contributed by atoms with Crippen LogP contribution in [0.15, 0.2) is 110 Å². The summed E-state index contributed by atoms with van der Waals surface area (Å²) in [5, 5.41) is 1.15. The Bertz CT molecular complexity index is 1990. The molecule has 6 heteroatoms. The lowest BCUT2D eigenvalue weighted by Crippen LogP contribution is -2.23. The molecule has 0 unspecified atom stereocenters. The average molecular weight is 498 g/mol. The Morgan fingerprint density at radius 1 is 0.568 bits per heavy atom. The Hall–Kier alpha value is -4.68. The lowest BCUT2D eigenvalue weighted by atomic mass is 10.00. The van der Waals surface area contributed by atoms with Crippen molar-refractivity contribution in [3.63, 3.8) is 0 Å². The molecule has 1 aromatic heterocycles. The van der Waals surface area contributed by atoms with E-state index in [2.05, 4.69) is 23.1 Å². The lowest BCUT2D eigenvalue weighted by molar-refractivity contribution is 0.443. The van der Waals surface area contributed by atoms with Crippen LogP contribution in [0.2, 0.25) is 0 Å². The van der Waals surface area contributed by atoms with Gasteiger partial charge in [0.25, 0.3) is 0 Å². The predicted molar refractivity (Wildman–Crippen MR) is 144 cm³/mol. The molecule has 0 N–H and O–H groups in total. The molecular weight excluding hydrogens is 482 g/mol. The fourth-order valence-corrected chi connectivity index (χ4v) is 6.72. The van der Waals surface area contributed by atoms with Crippen LogP contribution < -0.4 is 19.8 Å². The normalized spacial score (nSPS) is 13.8. The molecule has 0 saturated carbocycles. The second-order valence-corrected chi connectivity index (χ2v) is 10.4. The second-order valence-electron chi connectivity index (χ2n) is 9.31. The zero-order valence-corrected chi connectivity index (χ0v) is 20.0. The van der Waals surface area contributed by atoms with Crippen LogP contribution in [0.25, 0.3) is 33.1 Å². The van der Waals surface area contributed by atoms with Crippen molar-refractivity contribution < 1.29 is 13.9 Å². The summed E-state index contributed by atoms with van der Waals surface area (Å²) in [5.41, 5.74) is 6.04. The van der Waals surface area contributed by atoms with Gasteiger partial charge in [-0.15, -0.1) is 0 Å². The Balaban J connectivity index is 1.28. The van der Waals surface area contributed by atoms with Gasteiger partial charge in [-0.2, -0.15) is 0 Å². The van der Waals surface area contributed by atoms with E-state index in [0.29, 0.717) is 21.9 Å². The molecule has 0 aliphatic carbocycles. The molecule has 3 aliphatic rings. The molecule has 5 nitrogen and oxygen atoms in total. The number of anilines is 3. The fraction of sp³-hybridized carbons (Fsp3) is 0. The summed E-state index contributed by atoms with van der Waals surface area (Å²) in [6, 6.07) is 29.4. The van der Waals surface area contributed by atoms with Crippen molar-refractivity contribution >= 4 is 50.8 Å². The van der Waals surface area contributed by atoms with Gasteiger partial charge in [-0.1, -0.05) is 42.1 Å². The molecule has 0 amide bonds. The summed E-state index contributed by atoms with van der Waals surface area (Å²) >= 11 is 1.70. The molecule has 174 valence electrons. The quantitative estimate of drug-likeness (QED) is 0.211.